The van der Waals surface area contributed by atoms with Gasteiger partial charge in [0.2, 0.25) is 11.8 Å². The Morgan fingerprint density at radius 1 is 1.23 bits per heavy atom. The van der Waals surface area contributed by atoms with Crippen molar-refractivity contribution in [3.8, 4) is 0 Å². The molecule has 0 aliphatic carbocycles. The maximum absolute atomic E-state index is 12.7. The van der Waals surface area contributed by atoms with Crippen molar-refractivity contribution in [3.63, 3.8) is 0 Å². The Hall–Kier alpha value is -2.37. The first kappa shape index (κ1) is 19.9. The standard InChI is InChI=1S/C20H29N3O3/c1-5-8-14(4)23-12-15(11-18(23)24)19(25)22-17-10-7-6-9-16(17)20(26)21-13(2)3/h6-7,9-10,13-15H,5,8,11-12H2,1-4H3,(H,21,26)(H,22,25). The van der Waals surface area contributed by atoms with Crippen LogP contribution < -0.4 is 10.6 Å². The zero-order chi connectivity index (χ0) is 19.3. The topological polar surface area (TPSA) is 78.5 Å². The Bertz CT molecular complexity index is 672. The first-order valence-electron chi connectivity index (χ1n) is 9.33. The second kappa shape index (κ2) is 8.83. The van der Waals surface area contributed by atoms with Crippen molar-refractivity contribution in [2.75, 3.05) is 11.9 Å². The lowest BCUT2D eigenvalue weighted by atomic mass is 10.1. The number of rotatable bonds is 7. The summed E-state index contributed by atoms with van der Waals surface area (Å²) in [6, 6.07) is 7.08. The maximum atomic E-state index is 12.7. The minimum absolute atomic E-state index is 0.00678. The molecule has 1 aromatic carbocycles. The van der Waals surface area contributed by atoms with Crippen LogP contribution in [0, 0.1) is 5.92 Å². The van der Waals surface area contributed by atoms with Gasteiger partial charge in [-0.1, -0.05) is 25.5 Å². The van der Waals surface area contributed by atoms with E-state index in [0.29, 0.717) is 17.8 Å². The lowest BCUT2D eigenvalue weighted by molar-refractivity contribution is -0.129. The molecule has 0 saturated carbocycles. The average Bonchev–Trinajstić information content (AvgIpc) is 2.97. The zero-order valence-corrected chi connectivity index (χ0v) is 16.0. The van der Waals surface area contributed by atoms with Gasteiger partial charge < -0.3 is 15.5 Å². The summed E-state index contributed by atoms with van der Waals surface area (Å²) in [6.07, 6.45) is 2.15. The fourth-order valence-electron chi connectivity index (χ4n) is 3.27. The van der Waals surface area contributed by atoms with Crippen LogP contribution in [0.2, 0.25) is 0 Å². The largest absolute Gasteiger partial charge is 0.350 e. The highest BCUT2D eigenvalue weighted by Crippen LogP contribution is 2.24. The molecule has 1 aromatic rings. The number of nitrogens with zero attached hydrogens (tertiary/aromatic N) is 1. The highest BCUT2D eigenvalue weighted by molar-refractivity contribution is 6.05. The van der Waals surface area contributed by atoms with E-state index < -0.39 is 0 Å². The van der Waals surface area contributed by atoms with Crippen LogP contribution in [-0.2, 0) is 9.59 Å². The van der Waals surface area contributed by atoms with E-state index in [0.717, 1.165) is 12.8 Å². The number of nitrogens with one attached hydrogen (secondary N) is 2. The molecule has 0 spiro atoms. The van der Waals surface area contributed by atoms with Crippen molar-refractivity contribution in [2.24, 2.45) is 5.92 Å². The fraction of sp³-hybridized carbons (Fsp3) is 0.550. The average molecular weight is 359 g/mol. The molecule has 3 amide bonds. The van der Waals surface area contributed by atoms with Crippen LogP contribution in [0.3, 0.4) is 0 Å². The highest BCUT2D eigenvalue weighted by Gasteiger charge is 2.36. The number of hydrogen-bond donors (Lipinski definition) is 2. The van der Waals surface area contributed by atoms with E-state index in [1.807, 2.05) is 20.8 Å². The summed E-state index contributed by atoms with van der Waals surface area (Å²) in [4.78, 5) is 39.0. The van der Waals surface area contributed by atoms with Gasteiger partial charge in [-0.25, -0.2) is 0 Å². The first-order chi connectivity index (χ1) is 12.3. The van der Waals surface area contributed by atoms with E-state index in [4.69, 9.17) is 0 Å². The van der Waals surface area contributed by atoms with E-state index in [-0.39, 0.29) is 42.1 Å². The third kappa shape index (κ3) is 4.84. The molecule has 2 rings (SSSR count). The minimum Gasteiger partial charge on any atom is -0.350 e. The number of likely N-dealkylation sites (tertiary alicyclic amines) is 1. The Morgan fingerprint density at radius 3 is 2.58 bits per heavy atom. The number of amides is 3. The molecule has 26 heavy (non-hydrogen) atoms. The van der Waals surface area contributed by atoms with Crippen LogP contribution in [0.25, 0.3) is 0 Å². The van der Waals surface area contributed by atoms with Gasteiger partial charge in [-0.15, -0.1) is 0 Å². The van der Waals surface area contributed by atoms with Gasteiger partial charge in [0, 0.05) is 25.0 Å². The van der Waals surface area contributed by atoms with Crippen molar-refractivity contribution in [2.45, 2.75) is 59.0 Å². The maximum Gasteiger partial charge on any atom is 0.253 e. The second-order valence-electron chi connectivity index (χ2n) is 7.25. The molecule has 2 unspecified atom stereocenters. The van der Waals surface area contributed by atoms with Gasteiger partial charge in [-0.05, 0) is 39.3 Å². The van der Waals surface area contributed by atoms with Crippen molar-refractivity contribution in [1.29, 1.82) is 0 Å². The molecule has 1 aliphatic rings. The number of carbonyl (C=O) groups is 3. The quantitative estimate of drug-likeness (QED) is 0.786. The summed E-state index contributed by atoms with van der Waals surface area (Å²) < 4.78 is 0. The summed E-state index contributed by atoms with van der Waals surface area (Å²) in [5.41, 5.74) is 0.901. The monoisotopic (exact) mass is 359 g/mol. The van der Waals surface area contributed by atoms with Crippen molar-refractivity contribution >= 4 is 23.4 Å². The van der Waals surface area contributed by atoms with Crippen LogP contribution in [0.5, 0.6) is 0 Å². The summed E-state index contributed by atoms with van der Waals surface area (Å²) in [7, 11) is 0. The third-order valence-corrected chi connectivity index (χ3v) is 4.62. The molecule has 1 heterocycles. The van der Waals surface area contributed by atoms with Crippen molar-refractivity contribution in [3.05, 3.63) is 29.8 Å². The molecule has 0 radical (unpaired) electrons. The Labute approximate surface area is 155 Å². The lowest BCUT2D eigenvalue weighted by Crippen LogP contribution is -2.35. The lowest BCUT2D eigenvalue weighted by Gasteiger charge is -2.24. The zero-order valence-electron chi connectivity index (χ0n) is 16.0. The molecule has 2 atom stereocenters. The molecular weight excluding hydrogens is 330 g/mol. The summed E-state index contributed by atoms with van der Waals surface area (Å²) >= 11 is 0. The van der Waals surface area contributed by atoms with Crippen LogP contribution in [0.4, 0.5) is 5.69 Å². The molecule has 1 saturated heterocycles. The number of benzene rings is 1. The third-order valence-electron chi connectivity index (χ3n) is 4.62. The molecule has 0 bridgehead atoms. The Balaban J connectivity index is 2.07. The van der Waals surface area contributed by atoms with E-state index in [2.05, 4.69) is 17.6 Å². The van der Waals surface area contributed by atoms with Gasteiger partial charge in [-0.3, -0.25) is 14.4 Å². The van der Waals surface area contributed by atoms with Crippen LogP contribution in [0.1, 0.15) is 57.3 Å². The van der Waals surface area contributed by atoms with Gasteiger partial charge in [0.25, 0.3) is 5.91 Å². The van der Waals surface area contributed by atoms with E-state index in [1.165, 1.54) is 0 Å². The van der Waals surface area contributed by atoms with E-state index in [9.17, 15) is 14.4 Å². The summed E-state index contributed by atoms with van der Waals surface area (Å²) in [6.45, 7) is 8.31. The number of para-hydroxylation sites is 1. The predicted molar refractivity (Wildman–Crippen MR) is 102 cm³/mol. The van der Waals surface area contributed by atoms with Crippen LogP contribution in [0.15, 0.2) is 24.3 Å². The van der Waals surface area contributed by atoms with Crippen LogP contribution >= 0.6 is 0 Å². The van der Waals surface area contributed by atoms with Crippen LogP contribution in [-0.4, -0.2) is 41.2 Å². The molecule has 142 valence electrons. The smallest absolute Gasteiger partial charge is 0.253 e. The fourth-order valence-corrected chi connectivity index (χ4v) is 3.27. The predicted octanol–water partition coefficient (Wildman–Crippen LogP) is 2.80. The molecule has 1 aliphatic heterocycles. The number of carbonyl (C=O) groups excluding carboxylic acids is 3. The SMILES string of the molecule is CCCC(C)N1CC(C(=O)Nc2ccccc2C(=O)NC(C)C)CC1=O. The molecular formula is C20H29N3O3. The number of hydrogen-bond acceptors (Lipinski definition) is 3. The molecule has 2 N–H and O–H groups in total. The number of anilines is 1. The Kier molecular flexibility index (Phi) is 6.77. The molecule has 1 fully saturated rings. The molecule has 0 aromatic heterocycles. The normalized spacial score (nSPS) is 18.1. The Morgan fingerprint density at radius 2 is 1.92 bits per heavy atom. The first-order valence-corrected chi connectivity index (χ1v) is 9.33. The van der Waals surface area contributed by atoms with Gasteiger partial charge >= 0.3 is 0 Å². The second-order valence-corrected chi connectivity index (χ2v) is 7.25. The molecule has 6 nitrogen and oxygen atoms in total. The van der Waals surface area contributed by atoms with Gasteiger partial charge in [0.05, 0.1) is 17.2 Å². The van der Waals surface area contributed by atoms with Crippen molar-refractivity contribution in [1.82, 2.24) is 10.2 Å². The minimum atomic E-state index is -0.386. The van der Waals surface area contributed by atoms with E-state index in [1.54, 1.807) is 29.2 Å². The van der Waals surface area contributed by atoms with Crippen molar-refractivity contribution < 1.29 is 14.4 Å². The van der Waals surface area contributed by atoms with Gasteiger partial charge in [0.15, 0.2) is 0 Å². The summed E-state index contributed by atoms with van der Waals surface area (Å²) in [5.74, 6) is -0.800. The highest BCUT2D eigenvalue weighted by atomic mass is 16.2. The molecule has 6 heteroatoms. The van der Waals surface area contributed by atoms with Gasteiger partial charge in [-0.2, -0.15) is 0 Å². The van der Waals surface area contributed by atoms with E-state index >= 15 is 0 Å². The summed E-state index contributed by atoms with van der Waals surface area (Å²) in [5, 5.41) is 5.67. The van der Waals surface area contributed by atoms with Gasteiger partial charge in [0.1, 0.15) is 0 Å².